The number of rotatable bonds is 6. The van der Waals surface area contributed by atoms with Gasteiger partial charge in [0.25, 0.3) is 11.7 Å². The summed E-state index contributed by atoms with van der Waals surface area (Å²) in [5, 5.41) is 30.9. The summed E-state index contributed by atoms with van der Waals surface area (Å²) < 4.78 is 5.43. The first-order valence-corrected chi connectivity index (χ1v) is 9.73. The summed E-state index contributed by atoms with van der Waals surface area (Å²) in [4.78, 5) is 26.8. The molecule has 1 aliphatic heterocycles. The lowest BCUT2D eigenvalue weighted by atomic mass is 9.94. The molecule has 0 saturated carbocycles. The molecule has 0 radical (unpaired) electrons. The molecule has 7 nitrogen and oxygen atoms in total. The number of carbonyl (C=O) groups is 2. The van der Waals surface area contributed by atoms with E-state index in [0.717, 1.165) is 5.56 Å². The van der Waals surface area contributed by atoms with Gasteiger partial charge >= 0.3 is 0 Å². The number of phenolic OH excluding ortho intramolecular Hbond substituents is 1. The normalized spacial score (nSPS) is 19.2. The minimum absolute atomic E-state index is 0.0716. The Morgan fingerprint density at radius 1 is 1.17 bits per heavy atom. The molecular formula is C23H25NO6. The van der Waals surface area contributed by atoms with Crippen LogP contribution in [-0.4, -0.2) is 51.2 Å². The number of carbonyl (C=O) groups excluding carboxylic acids is 2. The standard InChI is InChI=1S/C23H25NO6/c1-4-30-18-11-16(9-10-17(18)26)20-19(21(27)15-7-5-13(2)6-8-15)22(28)23(29)24(20)12-14(3)25/h5-11,14,20,25-27H,4,12H2,1-3H3/t14-,20+/m1/s1. The molecule has 0 bridgehead atoms. The van der Waals surface area contributed by atoms with Gasteiger partial charge in [0, 0.05) is 12.1 Å². The van der Waals surface area contributed by atoms with Gasteiger partial charge in [0.05, 0.1) is 24.3 Å². The molecule has 30 heavy (non-hydrogen) atoms. The maximum atomic E-state index is 12.9. The van der Waals surface area contributed by atoms with Gasteiger partial charge in [-0.05, 0) is 38.5 Å². The van der Waals surface area contributed by atoms with Crippen LogP contribution in [0.25, 0.3) is 5.76 Å². The number of amides is 1. The van der Waals surface area contributed by atoms with Crippen LogP contribution in [0.3, 0.4) is 0 Å². The third kappa shape index (κ3) is 4.02. The fourth-order valence-electron chi connectivity index (χ4n) is 3.54. The van der Waals surface area contributed by atoms with Crippen molar-refractivity contribution in [3.63, 3.8) is 0 Å². The van der Waals surface area contributed by atoms with Crippen molar-refractivity contribution in [2.24, 2.45) is 0 Å². The monoisotopic (exact) mass is 411 g/mol. The second-order valence-corrected chi connectivity index (χ2v) is 7.33. The highest BCUT2D eigenvalue weighted by Crippen LogP contribution is 2.41. The topological polar surface area (TPSA) is 107 Å². The number of phenols is 1. The maximum Gasteiger partial charge on any atom is 0.295 e. The van der Waals surface area contributed by atoms with Gasteiger partial charge in [-0.25, -0.2) is 0 Å². The number of likely N-dealkylation sites (tertiary alicyclic amines) is 1. The molecule has 2 atom stereocenters. The van der Waals surface area contributed by atoms with E-state index in [2.05, 4.69) is 0 Å². The van der Waals surface area contributed by atoms with Crippen molar-refractivity contribution in [3.05, 3.63) is 64.7 Å². The van der Waals surface area contributed by atoms with Crippen LogP contribution < -0.4 is 4.74 Å². The van der Waals surface area contributed by atoms with Crippen LogP contribution in [0.1, 0.15) is 36.6 Å². The molecule has 0 aromatic heterocycles. The van der Waals surface area contributed by atoms with Gasteiger partial charge in [-0.15, -0.1) is 0 Å². The average molecular weight is 411 g/mol. The van der Waals surface area contributed by atoms with E-state index in [1.54, 1.807) is 37.3 Å². The molecule has 0 spiro atoms. The third-order valence-electron chi connectivity index (χ3n) is 4.93. The number of aliphatic hydroxyl groups excluding tert-OH is 2. The number of hydrogen-bond donors (Lipinski definition) is 3. The van der Waals surface area contributed by atoms with E-state index in [4.69, 9.17) is 4.74 Å². The first kappa shape index (κ1) is 21.4. The maximum absolute atomic E-state index is 12.9. The van der Waals surface area contributed by atoms with Gasteiger partial charge < -0.3 is 25.0 Å². The van der Waals surface area contributed by atoms with E-state index in [0.29, 0.717) is 17.7 Å². The van der Waals surface area contributed by atoms with E-state index >= 15 is 0 Å². The molecule has 3 rings (SSSR count). The van der Waals surface area contributed by atoms with Crippen molar-refractivity contribution < 1.29 is 29.6 Å². The van der Waals surface area contributed by atoms with Crippen LogP contribution in [0.5, 0.6) is 11.5 Å². The van der Waals surface area contributed by atoms with Gasteiger partial charge in [0.2, 0.25) is 0 Å². The summed E-state index contributed by atoms with van der Waals surface area (Å²) in [5.74, 6) is -1.80. The van der Waals surface area contributed by atoms with E-state index in [1.807, 2.05) is 6.92 Å². The predicted octanol–water partition coefficient (Wildman–Crippen LogP) is 2.90. The summed E-state index contributed by atoms with van der Waals surface area (Å²) in [6, 6.07) is 10.5. The zero-order valence-corrected chi connectivity index (χ0v) is 17.1. The van der Waals surface area contributed by atoms with Crippen LogP contribution in [0.4, 0.5) is 0 Å². The lowest BCUT2D eigenvalue weighted by molar-refractivity contribution is -0.140. The number of benzene rings is 2. The lowest BCUT2D eigenvalue weighted by Crippen LogP contribution is -2.35. The molecule has 1 aliphatic rings. The summed E-state index contributed by atoms with van der Waals surface area (Å²) in [5.41, 5.74) is 1.80. The Morgan fingerprint density at radius 2 is 1.83 bits per heavy atom. The number of aromatic hydroxyl groups is 1. The van der Waals surface area contributed by atoms with Crippen LogP contribution in [-0.2, 0) is 9.59 Å². The molecule has 3 N–H and O–H groups in total. The van der Waals surface area contributed by atoms with Crippen LogP contribution in [0, 0.1) is 6.92 Å². The predicted molar refractivity (Wildman–Crippen MR) is 111 cm³/mol. The fraction of sp³-hybridized carbons (Fsp3) is 0.304. The Bertz CT molecular complexity index is 993. The minimum Gasteiger partial charge on any atom is -0.507 e. The highest BCUT2D eigenvalue weighted by Gasteiger charge is 2.46. The van der Waals surface area contributed by atoms with Gasteiger partial charge in [0.1, 0.15) is 5.76 Å². The smallest absolute Gasteiger partial charge is 0.295 e. The van der Waals surface area contributed by atoms with Crippen LogP contribution in [0.2, 0.25) is 0 Å². The van der Waals surface area contributed by atoms with E-state index in [-0.39, 0.29) is 29.4 Å². The number of β-amino-alcohol motifs (C(OH)–C–C–N with tert-alkyl or cyclic N) is 1. The Morgan fingerprint density at radius 3 is 2.43 bits per heavy atom. The number of aryl methyl sites for hydroxylation is 1. The van der Waals surface area contributed by atoms with E-state index in [9.17, 15) is 24.9 Å². The molecular weight excluding hydrogens is 386 g/mol. The summed E-state index contributed by atoms with van der Waals surface area (Å²) in [6.07, 6.45) is -0.881. The molecule has 1 amide bonds. The minimum atomic E-state index is -0.930. The second kappa shape index (κ2) is 8.59. The van der Waals surface area contributed by atoms with Crippen LogP contribution in [0.15, 0.2) is 48.0 Å². The van der Waals surface area contributed by atoms with Crippen LogP contribution >= 0.6 is 0 Å². The third-order valence-corrected chi connectivity index (χ3v) is 4.93. The van der Waals surface area contributed by atoms with Gasteiger partial charge in [-0.2, -0.15) is 0 Å². The van der Waals surface area contributed by atoms with Gasteiger partial charge in [0.15, 0.2) is 11.5 Å². The first-order chi connectivity index (χ1) is 14.2. The number of ether oxygens (including phenoxy) is 1. The Balaban J connectivity index is 2.20. The van der Waals surface area contributed by atoms with Gasteiger partial charge in [-0.1, -0.05) is 35.9 Å². The van der Waals surface area contributed by atoms with Crippen molar-refractivity contribution in [2.75, 3.05) is 13.2 Å². The fourth-order valence-corrected chi connectivity index (χ4v) is 3.54. The Labute approximate surface area is 174 Å². The molecule has 1 heterocycles. The zero-order valence-electron chi connectivity index (χ0n) is 17.1. The van der Waals surface area contributed by atoms with Crippen molar-refractivity contribution in [1.82, 2.24) is 4.90 Å². The Kier molecular flexibility index (Phi) is 6.12. The van der Waals surface area contributed by atoms with Crippen molar-refractivity contribution in [3.8, 4) is 11.5 Å². The summed E-state index contributed by atoms with van der Waals surface area (Å²) in [7, 11) is 0. The quantitative estimate of drug-likeness (QED) is 0.383. The first-order valence-electron chi connectivity index (χ1n) is 9.73. The largest absolute Gasteiger partial charge is 0.507 e. The SMILES string of the molecule is CCOc1cc([C@H]2C(=C(O)c3ccc(C)cc3)C(=O)C(=O)N2C[C@@H](C)O)ccc1O. The zero-order chi connectivity index (χ0) is 22.0. The molecule has 158 valence electrons. The molecule has 2 aromatic rings. The molecule has 0 unspecified atom stereocenters. The number of ketones is 1. The van der Waals surface area contributed by atoms with Crippen molar-refractivity contribution in [1.29, 1.82) is 0 Å². The molecule has 7 heteroatoms. The average Bonchev–Trinajstić information content (AvgIpc) is 2.94. The molecule has 1 fully saturated rings. The molecule has 1 saturated heterocycles. The van der Waals surface area contributed by atoms with E-state index in [1.165, 1.54) is 24.0 Å². The van der Waals surface area contributed by atoms with Gasteiger partial charge in [-0.3, -0.25) is 9.59 Å². The van der Waals surface area contributed by atoms with Crippen molar-refractivity contribution in [2.45, 2.75) is 32.9 Å². The number of hydrogen-bond acceptors (Lipinski definition) is 6. The van der Waals surface area contributed by atoms with Crippen molar-refractivity contribution >= 4 is 17.4 Å². The molecule has 2 aromatic carbocycles. The summed E-state index contributed by atoms with van der Waals surface area (Å²) >= 11 is 0. The molecule has 0 aliphatic carbocycles. The Hall–Kier alpha value is -3.32. The number of Topliss-reactive ketones (excluding diaryl/α,β-unsaturated/α-hetero) is 1. The highest BCUT2D eigenvalue weighted by atomic mass is 16.5. The second-order valence-electron chi connectivity index (χ2n) is 7.33. The lowest BCUT2D eigenvalue weighted by Gasteiger charge is -2.26. The summed E-state index contributed by atoms with van der Waals surface area (Å²) in [6.45, 7) is 5.40. The highest BCUT2D eigenvalue weighted by molar-refractivity contribution is 6.46. The van der Waals surface area contributed by atoms with E-state index < -0.39 is 23.8 Å². The number of nitrogens with zero attached hydrogens (tertiary/aromatic N) is 1. The number of aliphatic hydroxyl groups is 2.